The van der Waals surface area contributed by atoms with E-state index in [0.29, 0.717) is 0 Å². The average molecular weight is 288 g/mol. The smallest absolute Gasteiger partial charge is 0.134 e. The minimum absolute atomic E-state index is 0.258. The van der Waals surface area contributed by atoms with Crippen molar-refractivity contribution >= 4 is 11.0 Å². The summed E-state index contributed by atoms with van der Waals surface area (Å²) in [6.45, 7) is 13.2. The average Bonchev–Trinajstić information content (AvgIpc) is 2.85. The Balaban J connectivity index is 1.90. The summed E-state index contributed by atoms with van der Waals surface area (Å²) < 4.78 is 6.01. The molecule has 3 nitrogen and oxygen atoms in total. The second-order valence-corrected chi connectivity index (χ2v) is 5.64. The number of para-hydroxylation sites is 1. The minimum Gasteiger partial charge on any atom is -0.459 e. The molecule has 0 aliphatic heterocycles. The summed E-state index contributed by atoms with van der Waals surface area (Å²) in [5.74, 6) is 1.07. The summed E-state index contributed by atoms with van der Waals surface area (Å²) in [4.78, 5) is 2.46. The van der Waals surface area contributed by atoms with E-state index in [1.807, 2.05) is 12.1 Å². The highest BCUT2D eigenvalue weighted by Crippen LogP contribution is 2.28. The topological polar surface area (TPSA) is 28.4 Å². The molecule has 0 radical (unpaired) electrons. The quantitative estimate of drug-likeness (QED) is 0.741. The highest BCUT2D eigenvalue weighted by atomic mass is 16.3. The molecule has 1 unspecified atom stereocenters. The Bertz CT molecular complexity index is 557. The number of nitrogens with zero attached hydrogens (tertiary/aromatic N) is 1. The zero-order chi connectivity index (χ0) is 15.2. The number of fused-ring (bicyclic) bond motifs is 1. The van der Waals surface area contributed by atoms with Crippen LogP contribution in [0.15, 0.2) is 28.7 Å². The fourth-order valence-electron chi connectivity index (χ4n) is 2.86. The van der Waals surface area contributed by atoms with Crippen molar-refractivity contribution in [1.29, 1.82) is 0 Å². The van der Waals surface area contributed by atoms with Gasteiger partial charge in [0.15, 0.2) is 0 Å². The first-order valence-corrected chi connectivity index (χ1v) is 8.11. The first kappa shape index (κ1) is 16.1. The Kier molecular flexibility index (Phi) is 5.83. The van der Waals surface area contributed by atoms with Crippen LogP contribution < -0.4 is 5.32 Å². The Morgan fingerprint density at radius 2 is 1.90 bits per heavy atom. The van der Waals surface area contributed by atoms with Gasteiger partial charge in [-0.1, -0.05) is 32.0 Å². The molecule has 1 N–H and O–H groups in total. The number of rotatable bonds is 8. The summed E-state index contributed by atoms with van der Waals surface area (Å²) in [6.07, 6.45) is 1.17. The number of hydrogen-bond donors (Lipinski definition) is 1. The van der Waals surface area contributed by atoms with E-state index >= 15 is 0 Å². The maximum absolute atomic E-state index is 6.01. The summed E-state index contributed by atoms with van der Waals surface area (Å²) in [6, 6.07) is 8.52. The summed E-state index contributed by atoms with van der Waals surface area (Å²) in [7, 11) is 0. The van der Waals surface area contributed by atoms with Gasteiger partial charge in [0, 0.05) is 5.39 Å². The second kappa shape index (κ2) is 7.62. The van der Waals surface area contributed by atoms with Gasteiger partial charge in [0.05, 0.1) is 6.04 Å². The minimum atomic E-state index is 0.258. The Hall–Kier alpha value is -1.32. The largest absolute Gasteiger partial charge is 0.459 e. The molecule has 0 fully saturated rings. The van der Waals surface area contributed by atoms with Gasteiger partial charge in [-0.05, 0) is 58.1 Å². The lowest BCUT2D eigenvalue weighted by atomic mass is 10.1. The molecule has 116 valence electrons. The van der Waals surface area contributed by atoms with Crippen LogP contribution in [0.25, 0.3) is 11.0 Å². The molecule has 0 spiro atoms. The standard InChI is InChI=1S/C18H28N2O/c1-5-20(6-2)13-9-12-19-15(4)18-14(3)16-10-7-8-11-17(16)21-18/h7-8,10-11,15,19H,5-6,9,12-13H2,1-4H3. The zero-order valence-electron chi connectivity index (χ0n) is 13.8. The van der Waals surface area contributed by atoms with E-state index in [1.165, 1.54) is 17.4 Å². The van der Waals surface area contributed by atoms with Crippen molar-refractivity contribution in [3.8, 4) is 0 Å². The van der Waals surface area contributed by atoms with Crippen molar-refractivity contribution in [3.63, 3.8) is 0 Å². The van der Waals surface area contributed by atoms with Gasteiger partial charge in [-0.2, -0.15) is 0 Å². The number of aryl methyl sites for hydroxylation is 1. The molecule has 1 aromatic carbocycles. The molecular weight excluding hydrogens is 260 g/mol. The van der Waals surface area contributed by atoms with E-state index in [1.54, 1.807) is 0 Å². The van der Waals surface area contributed by atoms with Crippen molar-refractivity contribution in [2.75, 3.05) is 26.2 Å². The van der Waals surface area contributed by atoms with Crippen LogP contribution in [0.4, 0.5) is 0 Å². The normalized spacial score (nSPS) is 13.2. The molecule has 0 aliphatic rings. The van der Waals surface area contributed by atoms with E-state index in [9.17, 15) is 0 Å². The fraction of sp³-hybridized carbons (Fsp3) is 0.556. The maximum atomic E-state index is 6.01. The van der Waals surface area contributed by atoms with Crippen molar-refractivity contribution in [3.05, 3.63) is 35.6 Å². The van der Waals surface area contributed by atoms with Gasteiger partial charge in [0.2, 0.25) is 0 Å². The summed E-state index contributed by atoms with van der Waals surface area (Å²) in [5.41, 5.74) is 2.25. The van der Waals surface area contributed by atoms with Crippen LogP contribution in [-0.4, -0.2) is 31.1 Å². The third-order valence-electron chi connectivity index (χ3n) is 4.27. The Morgan fingerprint density at radius 1 is 1.19 bits per heavy atom. The number of furan rings is 1. The van der Waals surface area contributed by atoms with Gasteiger partial charge >= 0.3 is 0 Å². The van der Waals surface area contributed by atoms with Crippen LogP contribution in [0.1, 0.15) is 44.6 Å². The van der Waals surface area contributed by atoms with E-state index in [2.05, 4.69) is 50.0 Å². The third kappa shape index (κ3) is 3.86. The summed E-state index contributed by atoms with van der Waals surface area (Å²) >= 11 is 0. The van der Waals surface area contributed by atoms with Gasteiger partial charge in [-0.25, -0.2) is 0 Å². The Morgan fingerprint density at radius 3 is 2.57 bits per heavy atom. The van der Waals surface area contributed by atoms with Gasteiger partial charge in [-0.3, -0.25) is 0 Å². The monoisotopic (exact) mass is 288 g/mol. The molecule has 0 saturated carbocycles. The van der Waals surface area contributed by atoms with Crippen LogP contribution in [0.3, 0.4) is 0 Å². The van der Waals surface area contributed by atoms with Crippen molar-refractivity contribution in [2.24, 2.45) is 0 Å². The predicted octanol–water partition coefficient (Wildman–Crippen LogP) is 4.12. The lowest BCUT2D eigenvalue weighted by Gasteiger charge is -2.19. The SMILES string of the molecule is CCN(CC)CCCNC(C)c1oc2ccccc2c1C. The molecule has 1 heterocycles. The molecule has 0 saturated heterocycles. The van der Waals surface area contributed by atoms with Gasteiger partial charge in [0.25, 0.3) is 0 Å². The molecule has 0 bridgehead atoms. The highest BCUT2D eigenvalue weighted by molar-refractivity contribution is 5.82. The molecule has 1 atom stereocenters. The number of nitrogens with one attached hydrogen (secondary N) is 1. The van der Waals surface area contributed by atoms with Crippen molar-refractivity contribution in [2.45, 2.75) is 40.2 Å². The highest BCUT2D eigenvalue weighted by Gasteiger charge is 2.15. The van der Waals surface area contributed by atoms with Gasteiger partial charge in [0.1, 0.15) is 11.3 Å². The van der Waals surface area contributed by atoms with E-state index in [4.69, 9.17) is 4.42 Å². The summed E-state index contributed by atoms with van der Waals surface area (Å²) in [5, 5.41) is 4.81. The molecule has 21 heavy (non-hydrogen) atoms. The molecule has 2 rings (SSSR count). The fourth-order valence-corrected chi connectivity index (χ4v) is 2.86. The van der Waals surface area contributed by atoms with Gasteiger partial charge < -0.3 is 14.6 Å². The first-order valence-electron chi connectivity index (χ1n) is 8.11. The van der Waals surface area contributed by atoms with Gasteiger partial charge in [-0.15, -0.1) is 0 Å². The van der Waals surface area contributed by atoms with Crippen LogP contribution in [0.5, 0.6) is 0 Å². The number of benzene rings is 1. The Labute approximate surface area is 128 Å². The third-order valence-corrected chi connectivity index (χ3v) is 4.27. The van der Waals surface area contributed by atoms with Crippen LogP contribution >= 0.6 is 0 Å². The van der Waals surface area contributed by atoms with E-state index < -0.39 is 0 Å². The lowest BCUT2D eigenvalue weighted by molar-refractivity contribution is 0.295. The van der Waals surface area contributed by atoms with Crippen LogP contribution in [0.2, 0.25) is 0 Å². The van der Waals surface area contributed by atoms with Crippen molar-refractivity contribution < 1.29 is 4.42 Å². The molecule has 2 aromatic rings. The molecular formula is C18H28N2O. The molecule has 1 aromatic heterocycles. The molecule has 0 amide bonds. The molecule has 3 heteroatoms. The van der Waals surface area contributed by atoms with Crippen LogP contribution in [-0.2, 0) is 0 Å². The van der Waals surface area contributed by atoms with Crippen LogP contribution in [0, 0.1) is 6.92 Å². The zero-order valence-corrected chi connectivity index (χ0v) is 13.8. The van der Waals surface area contributed by atoms with Crippen molar-refractivity contribution in [1.82, 2.24) is 10.2 Å². The number of hydrogen-bond acceptors (Lipinski definition) is 3. The second-order valence-electron chi connectivity index (χ2n) is 5.64. The maximum Gasteiger partial charge on any atom is 0.134 e. The lowest BCUT2D eigenvalue weighted by Crippen LogP contribution is -2.28. The first-order chi connectivity index (χ1) is 10.2. The van der Waals surface area contributed by atoms with E-state index in [0.717, 1.165) is 37.5 Å². The molecule has 0 aliphatic carbocycles. The predicted molar refractivity (Wildman–Crippen MR) is 89.8 cm³/mol. The van der Waals surface area contributed by atoms with E-state index in [-0.39, 0.29) is 6.04 Å².